The zero-order valence-corrected chi connectivity index (χ0v) is 11.1. The predicted octanol–water partition coefficient (Wildman–Crippen LogP) is 1.23. The fourth-order valence-electron chi connectivity index (χ4n) is 2.14. The molecule has 1 heterocycles. The maximum Gasteiger partial charge on any atom is 0.409 e. The van der Waals surface area contributed by atoms with Crippen LogP contribution in [0, 0.1) is 0 Å². The van der Waals surface area contributed by atoms with Crippen molar-refractivity contribution in [3.05, 3.63) is 0 Å². The van der Waals surface area contributed by atoms with Gasteiger partial charge in [-0.25, -0.2) is 4.79 Å². The lowest BCUT2D eigenvalue weighted by atomic mass is 10.0. The van der Waals surface area contributed by atoms with Crippen LogP contribution in [0.25, 0.3) is 0 Å². The average Bonchev–Trinajstić information content (AvgIpc) is 2.30. The quantitative estimate of drug-likeness (QED) is 0.790. The van der Waals surface area contributed by atoms with E-state index in [9.17, 15) is 4.79 Å². The summed E-state index contributed by atoms with van der Waals surface area (Å²) in [6.45, 7) is 6.66. The Kier molecular flexibility index (Phi) is 6.29. The molecule has 1 saturated heterocycles. The van der Waals surface area contributed by atoms with Crippen molar-refractivity contribution in [2.75, 3.05) is 33.4 Å². The fraction of sp³-hybridized carbons (Fsp3) is 0.917. The van der Waals surface area contributed by atoms with Crippen LogP contribution in [-0.2, 0) is 9.47 Å². The van der Waals surface area contributed by atoms with Gasteiger partial charge in [0.05, 0.1) is 13.2 Å². The van der Waals surface area contributed by atoms with Crippen molar-refractivity contribution in [2.45, 2.75) is 38.8 Å². The molecule has 0 spiro atoms. The maximum atomic E-state index is 11.5. The van der Waals surface area contributed by atoms with E-state index < -0.39 is 0 Å². The fourth-order valence-corrected chi connectivity index (χ4v) is 2.14. The van der Waals surface area contributed by atoms with Crippen molar-refractivity contribution in [1.29, 1.82) is 0 Å². The number of likely N-dealkylation sites (tertiary alicyclic amines) is 1. The van der Waals surface area contributed by atoms with E-state index in [2.05, 4.69) is 12.2 Å². The predicted molar refractivity (Wildman–Crippen MR) is 66.1 cm³/mol. The Bertz CT molecular complexity index is 228. The lowest BCUT2D eigenvalue weighted by Gasteiger charge is -2.33. The van der Waals surface area contributed by atoms with Crippen molar-refractivity contribution >= 4 is 6.09 Å². The molecule has 1 aliphatic rings. The lowest BCUT2D eigenvalue weighted by Crippen LogP contribution is -2.48. The number of rotatable bonds is 5. The molecule has 1 amide bonds. The van der Waals surface area contributed by atoms with Crippen LogP contribution in [0.2, 0.25) is 0 Å². The highest BCUT2D eigenvalue weighted by atomic mass is 16.6. The molecule has 1 rings (SSSR count). The summed E-state index contributed by atoms with van der Waals surface area (Å²) in [5, 5.41) is 3.51. The van der Waals surface area contributed by atoms with E-state index in [4.69, 9.17) is 9.47 Å². The molecule has 100 valence electrons. The van der Waals surface area contributed by atoms with E-state index in [0.29, 0.717) is 18.7 Å². The summed E-state index contributed by atoms with van der Waals surface area (Å²) in [7, 11) is 1.71. The van der Waals surface area contributed by atoms with Crippen LogP contribution in [0.4, 0.5) is 4.79 Å². The molecule has 5 nitrogen and oxygen atoms in total. The number of nitrogens with zero attached hydrogens (tertiary/aromatic N) is 1. The third-order valence-corrected chi connectivity index (χ3v) is 2.96. The molecule has 0 aliphatic carbocycles. The molecule has 0 aromatic carbocycles. The van der Waals surface area contributed by atoms with E-state index in [0.717, 1.165) is 32.5 Å². The van der Waals surface area contributed by atoms with Gasteiger partial charge in [0.25, 0.3) is 0 Å². The van der Waals surface area contributed by atoms with E-state index in [-0.39, 0.29) is 6.09 Å². The summed E-state index contributed by atoms with van der Waals surface area (Å²) in [6.07, 6.45) is 1.77. The Labute approximate surface area is 103 Å². The summed E-state index contributed by atoms with van der Waals surface area (Å²) in [6, 6.07) is 0.838. The summed E-state index contributed by atoms with van der Waals surface area (Å²) < 4.78 is 10.1. The first-order valence-electron chi connectivity index (χ1n) is 6.34. The first-order chi connectivity index (χ1) is 8.17. The average molecular weight is 244 g/mol. The zero-order valence-electron chi connectivity index (χ0n) is 11.1. The van der Waals surface area contributed by atoms with E-state index in [1.165, 1.54) is 0 Å². The molecule has 0 saturated carbocycles. The van der Waals surface area contributed by atoms with Crippen LogP contribution in [0.15, 0.2) is 0 Å². The van der Waals surface area contributed by atoms with Gasteiger partial charge in [0.2, 0.25) is 0 Å². The summed E-state index contributed by atoms with van der Waals surface area (Å²) >= 11 is 0. The van der Waals surface area contributed by atoms with Crippen LogP contribution in [0.1, 0.15) is 26.7 Å². The number of carbonyl (C=O) groups excluding carboxylic acids is 1. The van der Waals surface area contributed by atoms with Crippen LogP contribution in [0.5, 0.6) is 0 Å². The third-order valence-electron chi connectivity index (χ3n) is 2.96. The molecule has 17 heavy (non-hydrogen) atoms. The minimum Gasteiger partial charge on any atom is -0.450 e. The first-order valence-corrected chi connectivity index (χ1v) is 6.34. The molecule has 1 atom stereocenters. The normalized spacial score (nSPS) is 19.1. The second-order valence-electron chi connectivity index (χ2n) is 4.48. The van der Waals surface area contributed by atoms with E-state index in [1.54, 1.807) is 12.0 Å². The zero-order chi connectivity index (χ0) is 12.7. The Morgan fingerprint density at radius 2 is 2.12 bits per heavy atom. The van der Waals surface area contributed by atoms with Crippen molar-refractivity contribution in [3.8, 4) is 0 Å². The molecule has 5 heteroatoms. The lowest BCUT2D eigenvalue weighted by molar-refractivity contribution is 0.0921. The van der Waals surface area contributed by atoms with Gasteiger partial charge >= 0.3 is 6.09 Å². The minimum atomic E-state index is -0.184. The first kappa shape index (κ1) is 14.3. The Balaban J connectivity index is 2.23. The van der Waals surface area contributed by atoms with Crippen molar-refractivity contribution < 1.29 is 14.3 Å². The minimum absolute atomic E-state index is 0.184. The van der Waals surface area contributed by atoms with Crippen molar-refractivity contribution in [1.82, 2.24) is 10.2 Å². The largest absolute Gasteiger partial charge is 0.450 e. The smallest absolute Gasteiger partial charge is 0.409 e. The highest BCUT2D eigenvalue weighted by Crippen LogP contribution is 2.12. The molecule has 0 unspecified atom stereocenters. The molecule has 0 radical (unpaired) electrons. The number of amides is 1. The topological polar surface area (TPSA) is 50.8 Å². The maximum absolute atomic E-state index is 11.5. The van der Waals surface area contributed by atoms with Crippen molar-refractivity contribution in [3.63, 3.8) is 0 Å². The highest BCUT2D eigenvalue weighted by molar-refractivity contribution is 5.67. The molecular weight excluding hydrogens is 220 g/mol. The molecule has 1 fully saturated rings. The standard InChI is InChI=1S/C12H24N2O3/c1-4-17-12(15)14-7-5-11(6-8-14)13-10(2)9-16-3/h10-11,13H,4-9H2,1-3H3/t10-/m1/s1. The molecular formula is C12H24N2O3. The number of nitrogens with one attached hydrogen (secondary N) is 1. The van der Waals surface area contributed by atoms with Gasteiger partial charge in [0, 0.05) is 32.3 Å². The summed E-state index contributed by atoms with van der Waals surface area (Å²) in [4.78, 5) is 13.3. The van der Waals surface area contributed by atoms with Crippen LogP contribution in [0.3, 0.4) is 0 Å². The van der Waals surface area contributed by atoms with Crippen LogP contribution >= 0.6 is 0 Å². The molecule has 1 N–H and O–H groups in total. The second kappa shape index (κ2) is 7.50. The Morgan fingerprint density at radius 1 is 1.47 bits per heavy atom. The van der Waals surface area contributed by atoms with Crippen molar-refractivity contribution in [2.24, 2.45) is 0 Å². The van der Waals surface area contributed by atoms with Gasteiger partial charge in [-0.1, -0.05) is 0 Å². The van der Waals surface area contributed by atoms with Crippen LogP contribution in [-0.4, -0.2) is 56.5 Å². The van der Waals surface area contributed by atoms with E-state index >= 15 is 0 Å². The number of hydrogen-bond acceptors (Lipinski definition) is 4. The Hall–Kier alpha value is -0.810. The summed E-state index contributed by atoms with van der Waals surface area (Å²) in [5.41, 5.74) is 0. The van der Waals surface area contributed by atoms with Gasteiger partial charge in [-0.2, -0.15) is 0 Å². The van der Waals surface area contributed by atoms with Crippen LogP contribution < -0.4 is 5.32 Å². The highest BCUT2D eigenvalue weighted by Gasteiger charge is 2.24. The number of ether oxygens (including phenoxy) is 2. The second-order valence-corrected chi connectivity index (χ2v) is 4.48. The molecule has 0 aromatic heterocycles. The SMILES string of the molecule is CCOC(=O)N1CCC(N[C@H](C)COC)CC1. The molecule has 1 aliphatic heterocycles. The van der Waals surface area contributed by atoms with Gasteiger partial charge in [0.1, 0.15) is 0 Å². The van der Waals surface area contributed by atoms with Gasteiger partial charge in [-0.05, 0) is 26.7 Å². The molecule has 0 aromatic rings. The van der Waals surface area contributed by atoms with Gasteiger partial charge < -0.3 is 19.7 Å². The number of carbonyl (C=O) groups is 1. The van der Waals surface area contributed by atoms with Gasteiger partial charge in [-0.3, -0.25) is 0 Å². The van der Waals surface area contributed by atoms with E-state index in [1.807, 2.05) is 6.92 Å². The third kappa shape index (κ3) is 4.91. The number of methoxy groups -OCH3 is 1. The molecule has 0 bridgehead atoms. The van der Waals surface area contributed by atoms with Gasteiger partial charge in [-0.15, -0.1) is 0 Å². The number of hydrogen-bond donors (Lipinski definition) is 1. The summed E-state index contributed by atoms with van der Waals surface area (Å²) in [5.74, 6) is 0. The number of piperidine rings is 1. The van der Waals surface area contributed by atoms with Gasteiger partial charge in [0.15, 0.2) is 0 Å². The Morgan fingerprint density at radius 3 is 2.65 bits per heavy atom. The monoisotopic (exact) mass is 244 g/mol.